The van der Waals surface area contributed by atoms with Crippen molar-refractivity contribution in [2.24, 2.45) is 0 Å². The number of anilines is 1. The summed E-state index contributed by atoms with van der Waals surface area (Å²) in [7, 11) is 0. The number of benzene rings is 1. The molecule has 2 fully saturated rings. The normalized spacial score (nSPS) is 19.9. The zero-order valence-electron chi connectivity index (χ0n) is 12.0. The summed E-state index contributed by atoms with van der Waals surface area (Å²) < 4.78 is 5.43. The van der Waals surface area contributed by atoms with E-state index in [1.165, 1.54) is 12.8 Å². The molecular formula is C16H20N4O. The Balaban J connectivity index is 1.40. The van der Waals surface area contributed by atoms with Gasteiger partial charge in [0.1, 0.15) is 0 Å². The van der Waals surface area contributed by atoms with Gasteiger partial charge in [0.2, 0.25) is 5.82 Å². The van der Waals surface area contributed by atoms with Crippen molar-refractivity contribution in [3.63, 3.8) is 0 Å². The molecule has 1 saturated carbocycles. The number of hydrogen-bond donors (Lipinski definition) is 1. The molecule has 5 nitrogen and oxygen atoms in total. The predicted molar refractivity (Wildman–Crippen MR) is 81.1 cm³/mol. The molecule has 21 heavy (non-hydrogen) atoms. The summed E-state index contributed by atoms with van der Waals surface area (Å²) in [5.74, 6) is 0.670. The highest BCUT2D eigenvalue weighted by atomic mass is 16.5. The Morgan fingerprint density at radius 1 is 1.00 bits per heavy atom. The Bertz CT molecular complexity index is 585. The highest BCUT2D eigenvalue weighted by Gasteiger charge is 2.28. The molecule has 2 aromatic rings. The third kappa shape index (κ3) is 2.93. The number of nitrogens with one attached hydrogen (secondary N) is 1. The molecule has 0 atom stereocenters. The van der Waals surface area contributed by atoms with Crippen molar-refractivity contribution in [1.29, 1.82) is 0 Å². The molecule has 1 aliphatic carbocycles. The second-order valence-electron chi connectivity index (χ2n) is 5.97. The second-order valence-corrected chi connectivity index (χ2v) is 5.97. The van der Waals surface area contributed by atoms with Crippen molar-refractivity contribution in [2.75, 3.05) is 18.0 Å². The molecule has 0 unspecified atom stereocenters. The van der Waals surface area contributed by atoms with E-state index in [2.05, 4.69) is 20.4 Å². The standard InChI is InChI=1S/C16H20N4O/c1-2-4-12(5-3-1)15-18-16(21-19-15)20-10-8-14(9-11-20)17-13-6-7-13/h1-5,13-14,17H,6-11H2. The third-order valence-corrected chi connectivity index (χ3v) is 4.26. The number of nitrogens with zero attached hydrogens (tertiary/aromatic N) is 3. The fourth-order valence-corrected chi connectivity index (χ4v) is 2.87. The Labute approximate surface area is 124 Å². The summed E-state index contributed by atoms with van der Waals surface area (Å²) in [6.45, 7) is 1.97. The van der Waals surface area contributed by atoms with E-state index in [4.69, 9.17) is 4.52 Å². The Morgan fingerprint density at radius 3 is 2.43 bits per heavy atom. The largest absolute Gasteiger partial charge is 0.324 e. The molecular weight excluding hydrogens is 264 g/mol. The van der Waals surface area contributed by atoms with E-state index in [0.717, 1.165) is 37.5 Å². The van der Waals surface area contributed by atoms with Gasteiger partial charge >= 0.3 is 6.01 Å². The van der Waals surface area contributed by atoms with Crippen LogP contribution in [0.25, 0.3) is 11.4 Å². The highest BCUT2D eigenvalue weighted by Crippen LogP contribution is 2.25. The van der Waals surface area contributed by atoms with Gasteiger partial charge in [-0.2, -0.15) is 4.98 Å². The number of rotatable bonds is 4. The maximum absolute atomic E-state index is 5.43. The molecule has 110 valence electrons. The molecule has 5 heteroatoms. The van der Waals surface area contributed by atoms with Crippen LogP contribution in [0, 0.1) is 0 Å². The van der Waals surface area contributed by atoms with Crippen molar-refractivity contribution in [3.8, 4) is 11.4 Å². The van der Waals surface area contributed by atoms with E-state index in [-0.39, 0.29) is 0 Å². The minimum Gasteiger partial charge on any atom is -0.324 e. The summed E-state index contributed by atoms with van der Waals surface area (Å²) in [6, 6.07) is 12.1. The zero-order chi connectivity index (χ0) is 14.1. The van der Waals surface area contributed by atoms with Gasteiger partial charge in [0, 0.05) is 30.7 Å². The van der Waals surface area contributed by atoms with E-state index >= 15 is 0 Å². The molecule has 0 radical (unpaired) electrons. The first-order valence-electron chi connectivity index (χ1n) is 7.78. The van der Waals surface area contributed by atoms with Crippen LogP contribution >= 0.6 is 0 Å². The minimum atomic E-state index is 0.652. The van der Waals surface area contributed by atoms with Gasteiger partial charge in [-0.3, -0.25) is 0 Å². The van der Waals surface area contributed by atoms with Gasteiger partial charge in [0.15, 0.2) is 0 Å². The lowest BCUT2D eigenvalue weighted by molar-refractivity contribution is 0.370. The first-order valence-corrected chi connectivity index (χ1v) is 7.78. The molecule has 0 bridgehead atoms. The van der Waals surface area contributed by atoms with Crippen LogP contribution in [0.1, 0.15) is 25.7 Å². The summed E-state index contributed by atoms with van der Waals surface area (Å²) in [6.07, 6.45) is 5.01. The lowest BCUT2D eigenvalue weighted by atomic mass is 10.1. The first-order chi connectivity index (χ1) is 10.4. The van der Waals surface area contributed by atoms with Crippen molar-refractivity contribution in [3.05, 3.63) is 30.3 Å². The summed E-state index contributed by atoms with van der Waals surface area (Å²) >= 11 is 0. The molecule has 1 aromatic carbocycles. The maximum atomic E-state index is 5.43. The Morgan fingerprint density at radius 2 is 1.71 bits per heavy atom. The Hall–Kier alpha value is -1.88. The smallest absolute Gasteiger partial charge is 0.324 e. The van der Waals surface area contributed by atoms with Crippen molar-refractivity contribution >= 4 is 6.01 Å². The van der Waals surface area contributed by atoms with Crippen LogP contribution < -0.4 is 10.2 Å². The fraction of sp³-hybridized carbons (Fsp3) is 0.500. The molecule has 1 aromatic heterocycles. The van der Waals surface area contributed by atoms with E-state index in [9.17, 15) is 0 Å². The van der Waals surface area contributed by atoms with Crippen molar-refractivity contribution < 1.29 is 4.52 Å². The molecule has 1 aliphatic heterocycles. The van der Waals surface area contributed by atoms with Crippen LogP contribution in [0.15, 0.2) is 34.9 Å². The van der Waals surface area contributed by atoms with Crippen LogP contribution in [0.5, 0.6) is 0 Å². The average molecular weight is 284 g/mol. The van der Waals surface area contributed by atoms with Crippen LogP contribution in [0.2, 0.25) is 0 Å². The minimum absolute atomic E-state index is 0.652. The number of aromatic nitrogens is 2. The molecule has 2 heterocycles. The molecule has 0 spiro atoms. The topological polar surface area (TPSA) is 54.2 Å². The van der Waals surface area contributed by atoms with E-state index in [0.29, 0.717) is 17.9 Å². The zero-order valence-corrected chi connectivity index (χ0v) is 12.0. The number of piperidine rings is 1. The molecule has 0 amide bonds. The van der Waals surface area contributed by atoms with Crippen LogP contribution in [-0.2, 0) is 0 Å². The van der Waals surface area contributed by atoms with Crippen LogP contribution in [0.4, 0.5) is 6.01 Å². The summed E-state index contributed by atoms with van der Waals surface area (Å²) in [5.41, 5.74) is 0.998. The summed E-state index contributed by atoms with van der Waals surface area (Å²) in [5, 5.41) is 7.80. The second kappa shape index (κ2) is 5.48. The maximum Gasteiger partial charge on any atom is 0.324 e. The van der Waals surface area contributed by atoms with Crippen LogP contribution in [0.3, 0.4) is 0 Å². The molecule has 1 saturated heterocycles. The van der Waals surface area contributed by atoms with Gasteiger partial charge in [-0.15, -0.1) is 0 Å². The lowest BCUT2D eigenvalue weighted by Gasteiger charge is -2.31. The summed E-state index contributed by atoms with van der Waals surface area (Å²) in [4.78, 5) is 6.73. The molecule has 2 aliphatic rings. The quantitative estimate of drug-likeness (QED) is 0.934. The Kier molecular flexibility index (Phi) is 3.35. The monoisotopic (exact) mass is 284 g/mol. The van der Waals surface area contributed by atoms with Crippen LogP contribution in [-0.4, -0.2) is 35.3 Å². The molecule has 4 rings (SSSR count). The third-order valence-electron chi connectivity index (χ3n) is 4.26. The van der Waals surface area contributed by atoms with Gasteiger partial charge < -0.3 is 14.7 Å². The number of hydrogen-bond acceptors (Lipinski definition) is 5. The van der Waals surface area contributed by atoms with Gasteiger partial charge in [-0.1, -0.05) is 35.5 Å². The van der Waals surface area contributed by atoms with Gasteiger partial charge in [0.05, 0.1) is 0 Å². The van der Waals surface area contributed by atoms with Gasteiger partial charge in [-0.25, -0.2) is 0 Å². The van der Waals surface area contributed by atoms with Crippen molar-refractivity contribution in [1.82, 2.24) is 15.5 Å². The van der Waals surface area contributed by atoms with Gasteiger partial charge in [0.25, 0.3) is 0 Å². The van der Waals surface area contributed by atoms with E-state index in [1.54, 1.807) is 0 Å². The highest BCUT2D eigenvalue weighted by molar-refractivity contribution is 5.55. The first kappa shape index (κ1) is 12.8. The average Bonchev–Trinajstić information content (AvgIpc) is 3.22. The SMILES string of the molecule is c1ccc(-c2noc(N3CCC(NC4CC4)CC3)n2)cc1. The predicted octanol–water partition coefficient (Wildman–Crippen LogP) is 2.46. The molecule has 1 N–H and O–H groups in total. The van der Waals surface area contributed by atoms with E-state index < -0.39 is 0 Å². The van der Waals surface area contributed by atoms with Crippen molar-refractivity contribution in [2.45, 2.75) is 37.8 Å². The van der Waals surface area contributed by atoms with E-state index in [1.807, 2.05) is 30.3 Å². The fourth-order valence-electron chi connectivity index (χ4n) is 2.87. The van der Waals surface area contributed by atoms with Gasteiger partial charge in [-0.05, 0) is 25.7 Å². The lowest BCUT2D eigenvalue weighted by Crippen LogP contribution is -2.43.